The van der Waals surface area contributed by atoms with Crippen LogP contribution in [0.4, 0.5) is 0 Å². The smallest absolute Gasteiger partial charge is 0.334 e. The quantitative estimate of drug-likeness (QED) is 0.700. The normalized spacial score (nSPS) is 29.7. The average molecular weight is 196 g/mol. The van der Waals surface area contributed by atoms with Crippen LogP contribution in [-0.2, 0) is 9.53 Å². The molecule has 0 amide bonds. The van der Waals surface area contributed by atoms with Crippen LogP contribution in [0.3, 0.4) is 0 Å². The van der Waals surface area contributed by atoms with Crippen molar-refractivity contribution in [1.82, 2.24) is 0 Å². The zero-order valence-corrected chi connectivity index (χ0v) is 8.67. The SMILES string of the molecule is CC1(C)CC2CCCC(C(=O)O)=C2O1. The maximum absolute atomic E-state index is 11.0. The van der Waals surface area contributed by atoms with Crippen molar-refractivity contribution in [3.63, 3.8) is 0 Å². The first kappa shape index (κ1) is 9.56. The molecule has 1 atom stereocenters. The van der Waals surface area contributed by atoms with Crippen molar-refractivity contribution in [2.45, 2.75) is 45.1 Å². The topological polar surface area (TPSA) is 46.5 Å². The fourth-order valence-corrected chi connectivity index (χ4v) is 2.51. The van der Waals surface area contributed by atoms with Gasteiger partial charge in [-0.25, -0.2) is 4.79 Å². The zero-order valence-electron chi connectivity index (χ0n) is 8.67. The van der Waals surface area contributed by atoms with Crippen molar-refractivity contribution in [3.05, 3.63) is 11.3 Å². The summed E-state index contributed by atoms with van der Waals surface area (Å²) in [7, 11) is 0. The molecule has 1 fully saturated rings. The van der Waals surface area contributed by atoms with Crippen LogP contribution in [-0.4, -0.2) is 16.7 Å². The van der Waals surface area contributed by atoms with E-state index in [9.17, 15) is 4.79 Å². The van der Waals surface area contributed by atoms with E-state index in [0.717, 1.165) is 25.0 Å². The Morgan fingerprint density at radius 3 is 2.93 bits per heavy atom. The molecule has 1 aliphatic heterocycles. The predicted octanol–water partition coefficient (Wildman–Crippen LogP) is 2.32. The molecule has 3 heteroatoms. The molecule has 2 rings (SSSR count). The highest BCUT2D eigenvalue weighted by molar-refractivity contribution is 5.87. The monoisotopic (exact) mass is 196 g/mol. The molecule has 0 bridgehead atoms. The minimum absolute atomic E-state index is 0.176. The summed E-state index contributed by atoms with van der Waals surface area (Å²) in [6, 6.07) is 0. The van der Waals surface area contributed by atoms with E-state index in [-0.39, 0.29) is 5.60 Å². The Hall–Kier alpha value is -0.990. The third-order valence-corrected chi connectivity index (χ3v) is 3.03. The van der Waals surface area contributed by atoms with Gasteiger partial charge in [-0.15, -0.1) is 0 Å². The van der Waals surface area contributed by atoms with Gasteiger partial charge in [-0.3, -0.25) is 0 Å². The third kappa shape index (κ3) is 1.51. The van der Waals surface area contributed by atoms with Crippen molar-refractivity contribution >= 4 is 5.97 Å². The number of allylic oxidation sites excluding steroid dienone is 1. The first-order valence-corrected chi connectivity index (χ1v) is 5.15. The summed E-state index contributed by atoms with van der Waals surface area (Å²) in [6.07, 6.45) is 3.68. The first-order valence-electron chi connectivity index (χ1n) is 5.15. The number of fused-ring (bicyclic) bond motifs is 1. The summed E-state index contributed by atoms with van der Waals surface area (Å²) in [5.41, 5.74) is 0.331. The van der Waals surface area contributed by atoms with Crippen LogP contribution in [0.25, 0.3) is 0 Å². The molecule has 3 nitrogen and oxygen atoms in total. The number of hydrogen-bond donors (Lipinski definition) is 1. The molecule has 1 heterocycles. The molecule has 0 radical (unpaired) electrons. The Kier molecular flexibility index (Phi) is 2.05. The van der Waals surface area contributed by atoms with Gasteiger partial charge in [-0.1, -0.05) is 0 Å². The number of carboxylic acid groups (broad SMARTS) is 1. The Balaban J connectivity index is 2.34. The summed E-state index contributed by atoms with van der Waals surface area (Å²) in [5.74, 6) is 0.306. The molecule has 1 aliphatic carbocycles. The number of hydrogen-bond acceptors (Lipinski definition) is 2. The van der Waals surface area contributed by atoms with Gasteiger partial charge in [-0.2, -0.15) is 0 Å². The standard InChI is InChI=1S/C11H16O3/c1-11(2)6-7-4-3-5-8(10(12)13)9(7)14-11/h7H,3-6H2,1-2H3,(H,12,13). The summed E-state index contributed by atoms with van der Waals surface area (Å²) in [5, 5.41) is 9.02. The second-order valence-corrected chi connectivity index (χ2v) is 4.80. The Morgan fingerprint density at radius 1 is 1.57 bits per heavy atom. The van der Waals surface area contributed by atoms with Gasteiger partial charge in [0.15, 0.2) is 0 Å². The molecule has 0 aromatic rings. The summed E-state index contributed by atoms with van der Waals surface area (Å²) < 4.78 is 5.73. The lowest BCUT2D eigenvalue weighted by Crippen LogP contribution is -2.16. The Morgan fingerprint density at radius 2 is 2.29 bits per heavy atom. The van der Waals surface area contributed by atoms with Crippen molar-refractivity contribution in [1.29, 1.82) is 0 Å². The lowest BCUT2D eigenvalue weighted by Gasteiger charge is -2.19. The fraction of sp³-hybridized carbons (Fsp3) is 0.727. The molecule has 78 valence electrons. The second-order valence-electron chi connectivity index (χ2n) is 4.80. The van der Waals surface area contributed by atoms with Crippen molar-refractivity contribution in [2.24, 2.45) is 5.92 Å². The van der Waals surface area contributed by atoms with Gasteiger partial charge in [0.2, 0.25) is 0 Å². The van der Waals surface area contributed by atoms with Crippen LogP contribution < -0.4 is 0 Å². The Labute approximate surface area is 83.8 Å². The van der Waals surface area contributed by atoms with Crippen molar-refractivity contribution < 1.29 is 14.6 Å². The van der Waals surface area contributed by atoms with Crippen molar-refractivity contribution in [3.8, 4) is 0 Å². The molecule has 0 aromatic heterocycles. The number of rotatable bonds is 1. The zero-order chi connectivity index (χ0) is 10.3. The fourth-order valence-electron chi connectivity index (χ4n) is 2.51. The number of ether oxygens (including phenoxy) is 1. The van der Waals surface area contributed by atoms with Crippen LogP contribution in [0, 0.1) is 5.92 Å². The third-order valence-electron chi connectivity index (χ3n) is 3.03. The van der Waals surface area contributed by atoms with Gasteiger partial charge in [0, 0.05) is 5.92 Å². The highest BCUT2D eigenvalue weighted by Crippen LogP contribution is 2.45. The molecule has 1 unspecified atom stereocenters. The largest absolute Gasteiger partial charge is 0.491 e. The van der Waals surface area contributed by atoms with Gasteiger partial charge >= 0.3 is 5.97 Å². The van der Waals surface area contributed by atoms with Gasteiger partial charge in [0.1, 0.15) is 11.4 Å². The molecule has 2 aliphatic rings. The highest BCUT2D eigenvalue weighted by Gasteiger charge is 2.41. The van der Waals surface area contributed by atoms with Crippen LogP contribution in [0.2, 0.25) is 0 Å². The maximum atomic E-state index is 11.0. The average Bonchev–Trinajstić information content (AvgIpc) is 2.36. The molecule has 1 N–H and O–H groups in total. The summed E-state index contributed by atoms with van der Waals surface area (Å²) >= 11 is 0. The van der Waals surface area contributed by atoms with Gasteiger partial charge in [-0.05, 0) is 39.5 Å². The summed E-state index contributed by atoms with van der Waals surface area (Å²) in [6.45, 7) is 4.05. The minimum Gasteiger partial charge on any atom is -0.491 e. The number of carboxylic acids is 1. The van der Waals surface area contributed by atoms with Gasteiger partial charge in [0.25, 0.3) is 0 Å². The van der Waals surface area contributed by atoms with E-state index >= 15 is 0 Å². The molecule has 0 saturated carbocycles. The lowest BCUT2D eigenvalue weighted by atomic mass is 9.85. The van der Waals surface area contributed by atoms with E-state index in [1.807, 2.05) is 13.8 Å². The van der Waals surface area contributed by atoms with Crippen molar-refractivity contribution in [2.75, 3.05) is 0 Å². The lowest BCUT2D eigenvalue weighted by molar-refractivity contribution is -0.133. The van der Waals surface area contributed by atoms with Crippen LogP contribution in [0.1, 0.15) is 39.5 Å². The first-order chi connectivity index (χ1) is 6.49. The van der Waals surface area contributed by atoms with E-state index in [0.29, 0.717) is 17.9 Å². The summed E-state index contributed by atoms with van der Waals surface area (Å²) in [4.78, 5) is 11.0. The van der Waals surface area contributed by atoms with Gasteiger partial charge < -0.3 is 9.84 Å². The Bertz CT molecular complexity index is 302. The number of carbonyl (C=O) groups is 1. The maximum Gasteiger partial charge on any atom is 0.334 e. The highest BCUT2D eigenvalue weighted by atomic mass is 16.5. The molecule has 0 spiro atoms. The molecule has 14 heavy (non-hydrogen) atoms. The van der Waals surface area contributed by atoms with E-state index in [4.69, 9.17) is 9.84 Å². The minimum atomic E-state index is -0.803. The predicted molar refractivity (Wildman–Crippen MR) is 51.8 cm³/mol. The van der Waals surface area contributed by atoms with Crippen LogP contribution in [0.15, 0.2) is 11.3 Å². The number of aliphatic carboxylic acids is 1. The van der Waals surface area contributed by atoms with Crippen LogP contribution >= 0.6 is 0 Å². The molecule has 1 saturated heterocycles. The van der Waals surface area contributed by atoms with E-state index < -0.39 is 5.97 Å². The molecule has 0 aromatic carbocycles. The molecular formula is C11H16O3. The van der Waals surface area contributed by atoms with Crippen LogP contribution in [0.5, 0.6) is 0 Å². The van der Waals surface area contributed by atoms with E-state index in [1.54, 1.807) is 0 Å². The molecular weight excluding hydrogens is 180 g/mol. The van der Waals surface area contributed by atoms with E-state index in [2.05, 4.69) is 0 Å². The van der Waals surface area contributed by atoms with E-state index in [1.165, 1.54) is 0 Å². The van der Waals surface area contributed by atoms with Gasteiger partial charge in [0.05, 0.1) is 5.57 Å². The second kappa shape index (κ2) is 3.01.